The van der Waals surface area contributed by atoms with Crippen LogP contribution in [0.2, 0.25) is 5.02 Å². The van der Waals surface area contributed by atoms with Crippen molar-refractivity contribution >= 4 is 29.1 Å². The average molecular weight is 373 g/mol. The maximum atomic E-state index is 12.2. The molecule has 0 aliphatic heterocycles. The summed E-state index contributed by atoms with van der Waals surface area (Å²) < 4.78 is 0. The number of para-hydroxylation sites is 1. The zero-order valence-electron chi connectivity index (χ0n) is 15.5. The van der Waals surface area contributed by atoms with Gasteiger partial charge in [0.1, 0.15) is 0 Å². The van der Waals surface area contributed by atoms with Crippen molar-refractivity contribution in [2.75, 3.05) is 11.4 Å². The summed E-state index contributed by atoms with van der Waals surface area (Å²) in [4.78, 5) is 26.0. The fourth-order valence-electron chi connectivity index (χ4n) is 2.81. The molecule has 0 saturated carbocycles. The van der Waals surface area contributed by atoms with E-state index in [4.69, 9.17) is 11.6 Å². The number of nitrogens with zero attached hydrogens (tertiary/aromatic N) is 1. The SMILES string of the molecule is CC(=O)N(CCC(=O)NCc1ccccc1Cl)c1ccccc1C(C)C. The van der Waals surface area contributed by atoms with Crippen LogP contribution in [0.4, 0.5) is 5.69 Å². The molecule has 0 bridgehead atoms. The van der Waals surface area contributed by atoms with Crippen molar-refractivity contribution in [1.82, 2.24) is 5.32 Å². The Hall–Kier alpha value is -2.33. The van der Waals surface area contributed by atoms with Crippen LogP contribution in [0.5, 0.6) is 0 Å². The number of hydrogen-bond acceptors (Lipinski definition) is 2. The third-order valence-corrected chi connectivity index (χ3v) is 4.59. The van der Waals surface area contributed by atoms with Crippen LogP contribution in [0.3, 0.4) is 0 Å². The summed E-state index contributed by atoms with van der Waals surface area (Å²) in [5.41, 5.74) is 2.84. The van der Waals surface area contributed by atoms with Gasteiger partial charge in [0, 0.05) is 37.1 Å². The highest BCUT2D eigenvalue weighted by Gasteiger charge is 2.17. The van der Waals surface area contributed by atoms with Gasteiger partial charge in [0.05, 0.1) is 0 Å². The second-order valence-electron chi connectivity index (χ2n) is 6.50. The molecule has 0 fully saturated rings. The van der Waals surface area contributed by atoms with E-state index in [9.17, 15) is 9.59 Å². The third-order valence-electron chi connectivity index (χ3n) is 4.23. The molecule has 2 amide bonds. The van der Waals surface area contributed by atoms with Crippen molar-refractivity contribution in [2.24, 2.45) is 0 Å². The van der Waals surface area contributed by atoms with Gasteiger partial charge in [-0.2, -0.15) is 0 Å². The number of rotatable bonds is 7. The van der Waals surface area contributed by atoms with Crippen molar-refractivity contribution in [3.63, 3.8) is 0 Å². The largest absolute Gasteiger partial charge is 0.352 e. The predicted octanol–water partition coefficient (Wildman–Crippen LogP) is 4.52. The van der Waals surface area contributed by atoms with Crippen LogP contribution >= 0.6 is 11.6 Å². The van der Waals surface area contributed by atoms with Gasteiger partial charge in [-0.1, -0.05) is 61.8 Å². The summed E-state index contributed by atoms with van der Waals surface area (Å²) in [6.45, 7) is 6.42. The summed E-state index contributed by atoms with van der Waals surface area (Å²) in [7, 11) is 0. The molecule has 0 saturated heterocycles. The number of halogens is 1. The molecule has 2 rings (SSSR count). The highest BCUT2D eigenvalue weighted by atomic mass is 35.5. The maximum Gasteiger partial charge on any atom is 0.223 e. The third kappa shape index (κ3) is 5.33. The average Bonchev–Trinajstić information content (AvgIpc) is 2.61. The van der Waals surface area contributed by atoms with Crippen LogP contribution in [0.1, 0.15) is 44.2 Å². The second kappa shape index (κ2) is 9.39. The first-order valence-electron chi connectivity index (χ1n) is 8.77. The van der Waals surface area contributed by atoms with E-state index in [-0.39, 0.29) is 18.2 Å². The van der Waals surface area contributed by atoms with E-state index in [0.29, 0.717) is 24.0 Å². The number of anilines is 1. The minimum absolute atomic E-state index is 0.0722. The summed E-state index contributed by atoms with van der Waals surface area (Å²) >= 11 is 6.10. The molecule has 0 radical (unpaired) electrons. The molecule has 1 N–H and O–H groups in total. The van der Waals surface area contributed by atoms with E-state index < -0.39 is 0 Å². The molecule has 5 heteroatoms. The molecule has 0 aliphatic carbocycles. The molecular formula is C21H25ClN2O2. The molecule has 0 unspecified atom stereocenters. The first-order chi connectivity index (χ1) is 12.4. The predicted molar refractivity (Wildman–Crippen MR) is 106 cm³/mol. The highest BCUT2D eigenvalue weighted by molar-refractivity contribution is 6.31. The lowest BCUT2D eigenvalue weighted by Gasteiger charge is -2.25. The van der Waals surface area contributed by atoms with Crippen LogP contribution in [0.25, 0.3) is 0 Å². The van der Waals surface area contributed by atoms with Crippen LogP contribution in [0.15, 0.2) is 48.5 Å². The fourth-order valence-corrected chi connectivity index (χ4v) is 3.01. The van der Waals surface area contributed by atoms with Gasteiger partial charge in [-0.3, -0.25) is 9.59 Å². The monoisotopic (exact) mass is 372 g/mol. The van der Waals surface area contributed by atoms with E-state index in [1.165, 1.54) is 6.92 Å². The molecule has 0 heterocycles. The van der Waals surface area contributed by atoms with Gasteiger partial charge in [0.15, 0.2) is 0 Å². The van der Waals surface area contributed by atoms with Crippen molar-refractivity contribution in [2.45, 2.75) is 39.7 Å². The standard InChI is InChI=1S/C21H25ClN2O2/c1-15(2)18-9-5-7-11-20(18)24(16(3)25)13-12-21(26)23-14-17-8-4-6-10-19(17)22/h4-11,15H,12-14H2,1-3H3,(H,23,26). The van der Waals surface area contributed by atoms with Gasteiger partial charge < -0.3 is 10.2 Å². The van der Waals surface area contributed by atoms with Crippen molar-refractivity contribution in [3.8, 4) is 0 Å². The quantitative estimate of drug-likeness (QED) is 0.776. The summed E-state index contributed by atoms with van der Waals surface area (Å²) in [6.07, 6.45) is 0.233. The first-order valence-corrected chi connectivity index (χ1v) is 9.15. The number of carbonyl (C=O) groups excluding carboxylic acids is 2. The Bertz CT molecular complexity index is 774. The molecular weight excluding hydrogens is 348 g/mol. The van der Waals surface area contributed by atoms with E-state index in [1.54, 1.807) is 11.0 Å². The number of carbonyl (C=O) groups is 2. The summed E-state index contributed by atoms with van der Waals surface area (Å²) in [5, 5.41) is 3.49. The smallest absolute Gasteiger partial charge is 0.223 e. The van der Waals surface area contributed by atoms with Gasteiger partial charge >= 0.3 is 0 Å². The Morgan fingerprint density at radius 2 is 1.73 bits per heavy atom. The van der Waals surface area contributed by atoms with E-state index in [1.807, 2.05) is 42.5 Å². The maximum absolute atomic E-state index is 12.2. The topological polar surface area (TPSA) is 49.4 Å². The number of hydrogen-bond donors (Lipinski definition) is 1. The molecule has 4 nitrogen and oxygen atoms in total. The number of nitrogens with one attached hydrogen (secondary N) is 1. The Morgan fingerprint density at radius 3 is 2.38 bits per heavy atom. The molecule has 2 aromatic rings. The highest BCUT2D eigenvalue weighted by Crippen LogP contribution is 2.27. The Kier molecular flexibility index (Phi) is 7.22. The number of benzene rings is 2. The van der Waals surface area contributed by atoms with Crippen LogP contribution in [-0.4, -0.2) is 18.4 Å². The fraction of sp³-hybridized carbons (Fsp3) is 0.333. The first kappa shape index (κ1) is 20.0. The van der Waals surface area contributed by atoms with Gasteiger partial charge in [-0.15, -0.1) is 0 Å². The Balaban J connectivity index is 2.00. The van der Waals surface area contributed by atoms with Gasteiger partial charge in [0.25, 0.3) is 0 Å². The lowest BCUT2D eigenvalue weighted by molar-refractivity contribution is -0.121. The molecule has 138 valence electrons. The summed E-state index contributed by atoms with van der Waals surface area (Å²) in [5.74, 6) is 0.109. The second-order valence-corrected chi connectivity index (χ2v) is 6.91. The zero-order valence-corrected chi connectivity index (χ0v) is 16.2. The zero-order chi connectivity index (χ0) is 19.1. The summed E-state index contributed by atoms with van der Waals surface area (Å²) in [6, 6.07) is 15.2. The van der Waals surface area contributed by atoms with Crippen molar-refractivity contribution in [1.29, 1.82) is 0 Å². The molecule has 26 heavy (non-hydrogen) atoms. The van der Waals surface area contributed by atoms with Crippen molar-refractivity contribution in [3.05, 3.63) is 64.7 Å². The lowest BCUT2D eigenvalue weighted by Crippen LogP contribution is -2.34. The number of amides is 2. The molecule has 2 aromatic carbocycles. The van der Waals surface area contributed by atoms with Gasteiger partial charge in [-0.25, -0.2) is 0 Å². The Labute approximate surface area is 160 Å². The van der Waals surface area contributed by atoms with Gasteiger partial charge in [0.2, 0.25) is 11.8 Å². The van der Waals surface area contributed by atoms with Gasteiger partial charge in [-0.05, 0) is 29.2 Å². The Morgan fingerprint density at radius 1 is 1.08 bits per heavy atom. The van der Waals surface area contributed by atoms with Crippen molar-refractivity contribution < 1.29 is 9.59 Å². The molecule has 0 aliphatic rings. The van der Waals surface area contributed by atoms with E-state index in [0.717, 1.165) is 16.8 Å². The minimum atomic E-state index is -0.113. The van der Waals surface area contributed by atoms with Crippen LogP contribution in [0, 0.1) is 0 Å². The normalized spacial score (nSPS) is 10.7. The van der Waals surface area contributed by atoms with Crippen LogP contribution in [-0.2, 0) is 16.1 Å². The lowest BCUT2D eigenvalue weighted by atomic mass is 10.0. The minimum Gasteiger partial charge on any atom is -0.352 e. The molecule has 0 spiro atoms. The van der Waals surface area contributed by atoms with Crippen LogP contribution < -0.4 is 10.2 Å². The molecule has 0 atom stereocenters. The van der Waals surface area contributed by atoms with E-state index in [2.05, 4.69) is 19.2 Å². The van der Waals surface area contributed by atoms with E-state index >= 15 is 0 Å². The molecule has 0 aromatic heterocycles.